The predicted octanol–water partition coefficient (Wildman–Crippen LogP) is 3.91. The van der Waals surface area contributed by atoms with Crippen molar-refractivity contribution in [3.8, 4) is 0 Å². The molecular formula is C15H15ClN2O4S2. The molecule has 128 valence electrons. The van der Waals surface area contributed by atoms with Crippen molar-refractivity contribution in [3.63, 3.8) is 0 Å². The highest BCUT2D eigenvalue weighted by Crippen LogP contribution is 2.33. The van der Waals surface area contributed by atoms with Gasteiger partial charge in [0, 0.05) is 23.7 Å². The second kappa shape index (κ2) is 7.33. The summed E-state index contributed by atoms with van der Waals surface area (Å²) < 4.78 is 23.9. The Bertz CT molecular complexity index is 877. The Balaban J connectivity index is 2.48. The van der Waals surface area contributed by atoms with Crippen molar-refractivity contribution >= 4 is 44.1 Å². The number of nitro benzene ring substituents is 1. The molecule has 0 amide bonds. The zero-order valence-corrected chi connectivity index (χ0v) is 15.2. The summed E-state index contributed by atoms with van der Waals surface area (Å²) >= 11 is 7.31. The van der Waals surface area contributed by atoms with Gasteiger partial charge in [0.2, 0.25) is 0 Å². The second-order valence-electron chi connectivity index (χ2n) is 5.05. The lowest BCUT2D eigenvalue weighted by atomic mass is 10.2. The molecule has 0 radical (unpaired) electrons. The molecule has 0 aliphatic carbocycles. The molecule has 2 rings (SSSR count). The SMILES string of the molecule is C=CCN(Cc1ccc(Cl)s1)c1ccc(S(C)(=O)=O)cc1[N+](=O)[O-]. The van der Waals surface area contributed by atoms with Crippen LogP contribution in [0.25, 0.3) is 0 Å². The van der Waals surface area contributed by atoms with Crippen LogP contribution in [0.15, 0.2) is 47.9 Å². The van der Waals surface area contributed by atoms with Gasteiger partial charge in [-0.15, -0.1) is 17.9 Å². The molecule has 0 aliphatic rings. The van der Waals surface area contributed by atoms with Crippen LogP contribution < -0.4 is 4.90 Å². The largest absolute Gasteiger partial charge is 0.357 e. The van der Waals surface area contributed by atoms with Crippen molar-refractivity contribution < 1.29 is 13.3 Å². The lowest BCUT2D eigenvalue weighted by Crippen LogP contribution is -2.23. The van der Waals surface area contributed by atoms with Gasteiger partial charge in [-0.3, -0.25) is 10.1 Å². The van der Waals surface area contributed by atoms with Crippen molar-refractivity contribution in [1.29, 1.82) is 0 Å². The van der Waals surface area contributed by atoms with Crippen molar-refractivity contribution in [2.75, 3.05) is 17.7 Å². The van der Waals surface area contributed by atoms with Crippen LogP contribution in [0.4, 0.5) is 11.4 Å². The molecule has 0 spiro atoms. The molecule has 2 aromatic rings. The van der Waals surface area contributed by atoms with E-state index in [1.54, 1.807) is 17.0 Å². The number of nitrogens with zero attached hydrogens (tertiary/aromatic N) is 2. The first-order valence-corrected chi connectivity index (χ1v) is 9.89. The third-order valence-corrected chi connectivity index (χ3v) is 5.56. The van der Waals surface area contributed by atoms with Crippen LogP contribution >= 0.6 is 22.9 Å². The molecule has 0 saturated carbocycles. The number of halogens is 1. The van der Waals surface area contributed by atoms with E-state index in [4.69, 9.17) is 11.6 Å². The Kier molecular flexibility index (Phi) is 5.63. The Morgan fingerprint density at radius 2 is 2.08 bits per heavy atom. The Morgan fingerprint density at radius 1 is 1.38 bits per heavy atom. The molecular weight excluding hydrogens is 372 g/mol. The van der Waals surface area contributed by atoms with Crippen molar-refractivity contribution in [1.82, 2.24) is 0 Å². The minimum absolute atomic E-state index is 0.0873. The molecule has 1 aromatic heterocycles. The molecule has 24 heavy (non-hydrogen) atoms. The Labute approximate surface area is 149 Å². The van der Waals surface area contributed by atoms with Crippen LogP contribution in [0.2, 0.25) is 4.34 Å². The molecule has 0 unspecified atom stereocenters. The molecule has 0 saturated heterocycles. The minimum Gasteiger partial charge on any atom is -0.357 e. The van der Waals surface area contributed by atoms with Gasteiger partial charge in [-0.2, -0.15) is 0 Å². The number of benzene rings is 1. The van der Waals surface area contributed by atoms with Crippen LogP contribution in [0.1, 0.15) is 4.88 Å². The molecule has 6 nitrogen and oxygen atoms in total. The summed E-state index contributed by atoms with van der Waals surface area (Å²) in [7, 11) is -3.53. The molecule has 0 fully saturated rings. The average Bonchev–Trinajstić information content (AvgIpc) is 2.90. The third kappa shape index (κ3) is 4.34. The normalized spacial score (nSPS) is 11.2. The van der Waals surface area contributed by atoms with Gasteiger partial charge in [0.1, 0.15) is 5.69 Å². The lowest BCUT2D eigenvalue weighted by Gasteiger charge is -2.22. The number of hydrogen-bond acceptors (Lipinski definition) is 6. The zero-order valence-electron chi connectivity index (χ0n) is 12.8. The van der Waals surface area contributed by atoms with Gasteiger partial charge in [-0.25, -0.2) is 8.42 Å². The van der Waals surface area contributed by atoms with E-state index in [-0.39, 0.29) is 10.6 Å². The fourth-order valence-electron chi connectivity index (χ4n) is 2.18. The van der Waals surface area contributed by atoms with Gasteiger partial charge in [-0.1, -0.05) is 17.7 Å². The molecule has 0 aliphatic heterocycles. The van der Waals surface area contributed by atoms with E-state index in [9.17, 15) is 18.5 Å². The number of rotatable bonds is 7. The fourth-order valence-corrected chi connectivity index (χ4v) is 3.92. The molecule has 1 aromatic carbocycles. The highest BCUT2D eigenvalue weighted by Gasteiger charge is 2.22. The van der Waals surface area contributed by atoms with E-state index in [0.29, 0.717) is 23.1 Å². The number of nitro groups is 1. The molecule has 0 atom stereocenters. The summed E-state index contributed by atoms with van der Waals surface area (Å²) in [4.78, 5) is 13.4. The van der Waals surface area contributed by atoms with Crippen LogP contribution in [0.3, 0.4) is 0 Å². The molecule has 0 N–H and O–H groups in total. The Morgan fingerprint density at radius 3 is 2.58 bits per heavy atom. The number of thiophene rings is 1. The monoisotopic (exact) mass is 386 g/mol. The van der Waals surface area contributed by atoms with Crippen LogP contribution in [-0.4, -0.2) is 26.1 Å². The summed E-state index contributed by atoms with van der Waals surface area (Å²) in [6.45, 7) is 4.45. The number of anilines is 1. The number of hydrogen-bond donors (Lipinski definition) is 0. The van der Waals surface area contributed by atoms with Gasteiger partial charge in [0.25, 0.3) is 5.69 Å². The van der Waals surface area contributed by atoms with E-state index in [1.807, 2.05) is 6.07 Å². The van der Waals surface area contributed by atoms with Gasteiger partial charge >= 0.3 is 0 Å². The maximum Gasteiger partial charge on any atom is 0.293 e. The zero-order chi connectivity index (χ0) is 17.9. The summed E-state index contributed by atoms with van der Waals surface area (Å²) in [5.74, 6) is 0. The van der Waals surface area contributed by atoms with Gasteiger partial charge in [0.05, 0.1) is 20.7 Å². The fraction of sp³-hybridized carbons (Fsp3) is 0.200. The van der Waals surface area contributed by atoms with E-state index >= 15 is 0 Å². The van der Waals surface area contributed by atoms with Crippen molar-refractivity contribution in [2.24, 2.45) is 0 Å². The predicted molar refractivity (Wildman–Crippen MR) is 96.8 cm³/mol. The topological polar surface area (TPSA) is 80.5 Å². The first-order chi connectivity index (χ1) is 11.2. The molecule has 0 bridgehead atoms. The standard InChI is InChI=1S/C15H15ClN2O4S2/c1-3-8-17(10-11-4-7-15(16)23-11)13-6-5-12(24(2,21)22)9-14(13)18(19)20/h3-7,9H,1,8,10H2,2H3. The van der Waals surface area contributed by atoms with Gasteiger partial charge < -0.3 is 4.90 Å². The first kappa shape index (κ1) is 18.4. The summed E-state index contributed by atoms with van der Waals surface area (Å²) in [6.07, 6.45) is 2.64. The Hall–Kier alpha value is -1.90. The van der Waals surface area contributed by atoms with Gasteiger partial charge in [0.15, 0.2) is 9.84 Å². The quantitative estimate of drug-likeness (QED) is 0.409. The first-order valence-electron chi connectivity index (χ1n) is 6.81. The minimum atomic E-state index is -3.53. The highest BCUT2D eigenvalue weighted by molar-refractivity contribution is 7.90. The van der Waals surface area contributed by atoms with E-state index in [2.05, 4.69) is 6.58 Å². The van der Waals surface area contributed by atoms with Crippen LogP contribution in [0.5, 0.6) is 0 Å². The van der Waals surface area contributed by atoms with E-state index in [0.717, 1.165) is 17.2 Å². The molecule has 9 heteroatoms. The second-order valence-corrected chi connectivity index (χ2v) is 8.87. The smallest absolute Gasteiger partial charge is 0.293 e. The van der Waals surface area contributed by atoms with E-state index in [1.165, 1.54) is 23.5 Å². The van der Waals surface area contributed by atoms with Crippen molar-refractivity contribution in [3.05, 3.63) is 62.3 Å². The van der Waals surface area contributed by atoms with E-state index < -0.39 is 14.8 Å². The summed E-state index contributed by atoms with van der Waals surface area (Å²) in [6, 6.07) is 7.51. The maximum absolute atomic E-state index is 11.6. The van der Waals surface area contributed by atoms with Crippen LogP contribution in [-0.2, 0) is 16.4 Å². The average molecular weight is 387 g/mol. The number of sulfone groups is 1. The highest BCUT2D eigenvalue weighted by atomic mass is 35.5. The third-order valence-electron chi connectivity index (χ3n) is 3.24. The van der Waals surface area contributed by atoms with Crippen molar-refractivity contribution in [2.45, 2.75) is 11.4 Å². The molecule has 1 heterocycles. The lowest BCUT2D eigenvalue weighted by molar-refractivity contribution is -0.384. The maximum atomic E-state index is 11.6. The van der Waals surface area contributed by atoms with Gasteiger partial charge in [-0.05, 0) is 24.3 Å². The van der Waals surface area contributed by atoms with Crippen LogP contribution in [0, 0.1) is 10.1 Å². The summed E-state index contributed by atoms with van der Waals surface area (Å²) in [5.41, 5.74) is 0.0688. The summed E-state index contributed by atoms with van der Waals surface area (Å²) in [5, 5.41) is 11.4.